The zero-order valence-electron chi connectivity index (χ0n) is 16.8. The third-order valence-electron chi connectivity index (χ3n) is 6.35. The smallest absolute Gasteiger partial charge is 0.287 e. The summed E-state index contributed by atoms with van der Waals surface area (Å²) in [6.45, 7) is 4.48. The van der Waals surface area contributed by atoms with Crippen LogP contribution in [0.5, 0.6) is 0 Å². The number of para-hydroxylation sites is 3. The van der Waals surface area contributed by atoms with Gasteiger partial charge in [-0.15, -0.1) is 0 Å². The van der Waals surface area contributed by atoms with Crippen LogP contribution in [0.25, 0.3) is 38.9 Å². The number of rotatable bonds is 1. The van der Waals surface area contributed by atoms with Crippen molar-refractivity contribution in [2.45, 2.75) is 20.3 Å². The first-order valence-electron chi connectivity index (χ1n) is 9.97. The number of aromatic nitrogens is 4. The van der Waals surface area contributed by atoms with E-state index in [0.717, 1.165) is 23.3 Å². The molecule has 3 heterocycles. The lowest BCUT2D eigenvalue weighted by Crippen LogP contribution is -2.32. The van der Waals surface area contributed by atoms with Crippen LogP contribution >= 0.6 is 0 Å². The van der Waals surface area contributed by atoms with Gasteiger partial charge in [0.05, 0.1) is 29.2 Å². The predicted octanol–water partition coefficient (Wildman–Crippen LogP) is 4.59. The Balaban J connectivity index is 1.71. The predicted molar refractivity (Wildman–Crippen MR) is 115 cm³/mol. The highest BCUT2D eigenvalue weighted by molar-refractivity contribution is 5.92. The Hall–Kier alpha value is -3.53. The van der Waals surface area contributed by atoms with Gasteiger partial charge in [-0.2, -0.15) is 0 Å². The van der Waals surface area contributed by atoms with E-state index >= 15 is 0 Å². The van der Waals surface area contributed by atoms with Crippen molar-refractivity contribution in [3.63, 3.8) is 0 Å². The summed E-state index contributed by atoms with van der Waals surface area (Å²) in [5.74, 6) is 1.13. The van der Waals surface area contributed by atoms with Crippen molar-refractivity contribution in [3.8, 4) is 16.9 Å². The second kappa shape index (κ2) is 5.74. The fraction of sp³-hybridized carbons (Fsp3) is 0.160. The summed E-state index contributed by atoms with van der Waals surface area (Å²) in [6.07, 6.45) is 2.80. The molecule has 0 saturated heterocycles. The van der Waals surface area contributed by atoms with Crippen molar-refractivity contribution in [2.75, 3.05) is 0 Å². The topological polar surface area (TPSA) is 34.6 Å². The maximum absolute atomic E-state index is 4.90. The Kier molecular flexibility index (Phi) is 3.25. The van der Waals surface area contributed by atoms with E-state index in [1.54, 1.807) is 0 Å². The number of fused-ring (bicyclic) bond motifs is 6. The zero-order valence-corrected chi connectivity index (χ0v) is 16.8. The van der Waals surface area contributed by atoms with Gasteiger partial charge in [0, 0.05) is 12.0 Å². The molecule has 6 rings (SSSR count). The Morgan fingerprint density at radius 1 is 0.931 bits per heavy atom. The molecule has 0 spiro atoms. The molecule has 0 radical (unpaired) electrons. The minimum Gasteiger partial charge on any atom is -0.296 e. The lowest BCUT2D eigenvalue weighted by molar-refractivity contribution is -0.662. The van der Waals surface area contributed by atoms with Gasteiger partial charge in [-0.25, -0.2) is 9.55 Å². The quantitative estimate of drug-likeness (QED) is 0.393. The van der Waals surface area contributed by atoms with E-state index in [9.17, 15) is 0 Å². The molecule has 0 unspecified atom stereocenters. The molecule has 5 aromatic rings. The standard InChI is InChI=1S/C25H21N4/c1-15-16(2)19(25-17-8-4-5-9-20(17)26-14-28(25)3)12-23-18(15)13-24-27-21-10-6-7-11-22(21)29(23)24/h4-12,14H,13H2,1-3H3/q+1. The molecule has 0 fully saturated rings. The summed E-state index contributed by atoms with van der Waals surface area (Å²) in [5.41, 5.74) is 11.1. The molecule has 0 atom stereocenters. The largest absolute Gasteiger partial charge is 0.296 e. The van der Waals surface area contributed by atoms with E-state index in [4.69, 9.17) is 4.98 Å². The first-order valence-corrected chi connectivity index (χ1v) is 9.97. The van der Waals surface area contributed by atoms with Gasteiger partial charge in [-0.05, 0) is 65.9 Å². The second-order valence-corrected chi connectivity index (χ2v) is 7.92. The van der Waals surface area contributed by atoms with E-state index < -0.39 is 0 Å². The third-order valence-corrected chi connectivity index (χ3v) is 6.35. The monoisotopic (exact) mass is 377 g/mol. The van der Waals surface area contributed by atoms with Crippen LogP contribution in [0.1, 0.15) is 22.5 Å². The molecular weight excluding hydrogens is 356 g/mol. The van der Waals surface area contributed by atoms with Crippen molar-refractivity contribution in [3.05, 3.63) is 83.4 Å². The van der Waals surface area contributed by atoms with E-state index in [-0.39, 0.29) is 0 Å². The van der Waals surface area contributed by atoms with Crippen LogP contribution in [0.4, 0.5) is 0 Å². The Morgan fingerprint density at radius 2 is 1.69 bits per heavy atom. The second-order valence-electron chi connectivity index (χ2n) is 7.92. The summed E-state index contributed by atoms with van der Waals surface area (Å²) in [5, 5.41) is 1.17. The van der Waals surface area contributed by atoms with Crippen LogP contribution in [0.2, 0.25) is 0 Å². The van der Waals surface area contributed by atoms with Gasteiger partial charge in [-0.1, -0.05) is 24.3 Å². The lowest BCUT2D eigenvalue weighted by atomic mass is 9.92. The molecule has 0 amide bonds. The minimum absolute atomic E-state index is 0.889. The van der Waals surface area contributed by atoms with Crippen LogP contribution in [0, 0.1) is 13.8 Å². The molecule has 140 valence electrons. The summed E-state index contributed by atoms with van der Waals surface area (Å²) < 4.78 is 4.47. The van der Waals surface area contributed by atoms with Gasteiger partial charge >= 0.3 is 0 Å². The van der Waals surface area contributed by atoms with Crippen molar-refractivity contribution in [2.24, 2.45) is 7.05 Å². The number of benzene rings is 3. The Morgan fingerprint density at radius 3 is 2.55 bits per heavy atom. The number of hydrogen-bond acceptors (Lipinski definition) is 2. The lowest BCUT2D eigenvalue weighted by Gasteiger charge is -2.16. The summed E-state index contributed by atoms with van der Waals surface area (Å²) in [4.78, 5) is 9.50. The maximum atomic E-state index is 4.90. The summed E-state index contributed by atoms with van der Waals surface area (Å²) >= 11 is 0. The molecule has 2 aromatic heterocycles. The van der Waals surface area contributed by atoms with Crippen LogP contribution in [0.3, 0.4) is 0 Å². The molecule has 0 aliphatic carbocycles. The normalized spacial score (nSPS) is 12.5. The number of hydrogen-bond donors (Lipinski definition) is 0. The molecular formula is C25H21N4+. The molecule has 1 aliphatic heterocycles. The van der Waals surface area contributed by atoms with Crippen LogP contribution < -0.4 is 4.57 Å². The van der Waals surface area contributed by atoms with Gasteiger partial charge in [0.25, 0.3) is 6.33 Å². The molecule has 29 heavy (non-hydrogen) atoms. The van der Waals surface area contributed by atoms with Gasteiger partial charge in [0.2, 0.25) is 0 Å². The number of nitrogens with zero attached hydrogens (tertiary/aromatic N) is 4. The molecule has 0 N–H and O–H groups in total. The highest BCUT2D eigenvalue weighted by atomic mass is 15.1. The zero-order chi connectivity index (χ0) is 19.7. The van der Waals surface area contributed by atoms with Gasteiger partial charge in [0.15, 0.2) is 5.52 Å². The SMILES string of the molecule is Cc1c(-c2c3ccccc3nc[n+]2C)cc2c(c1C)Cc1nc3ccccc3n1-2. The van der Waals surface area contributed by atoms with Gasteiger partial charge < -0.3 is 0 Å². The number of imidazole rings is 1. The van der Waals surface area contributed by atoms with Crippen molar-refractivity contribution < 1.29 is 4.57 Å². The van der Waals surface area contributed by atoms with Crippen LogP contribution in [-0.4, -0.2) is 14.5 Å². The first-order chi connectivity index (χ1) is 14.1. The molecule has 4 nitrogen and oxygen atoms in total. The van der Waals surface area contributed by atoms with Crippen molar-refractivity contribution in [1.29, 1.82) is 0 Å². The first kappa shape index (κ1) is 16.4. The third kappa shape index (κ3) is 2.17. The Bertz CT molecular complexity index is 1460. The molecule has 0 saturated carbocycles. The molecule has 0 bridgehead atoms. The highest BCUT2D eigenvalue weighted by Gasteiger charge is 2.28. The minimum atomic E-state index is 0.889. The number of aryl methyl sites for hydroxylation is 1. The summed E-state index contributed by atoms with van der Waals surface area (Å²) in [6, 6.07) is 19.1. The average molecular weight is 377 g/mol. The van der Waals surface area contributed by atoms with E-state index in [1.807, 2.05) is 12.4 Å². The highest BCUT2D eigenvalue weighted by Crippen LogP contribution is 2.39. The fourth-order valence-corrected chi connectivity index (χ4v) is 4.76. The van der Waals surface area contributed by atoms with Gasteiger partial charge in [-0.3, -0.25) is 4.57 Å². The van der Waals surface area contributed by atoms with Crippen molar-refractivity contribution >= 4 is 21.9 Å². The molecule has 3 aromatic carbocycles. The molecule has 1 aliphatic rings. The maximum Gasteiger partial charge on any atom is 0.287 e. The van der Waals surface area contributed by atoms with Crippen LogP contribution in [-0.2, 0) is 13.5 Å². The van der Waals surface area contributed by atoms with E-state index in [0.29, 0.717) is 0 Å². The fourth-order valence-electron chi connectivity index (χ4n) is 4.76. The van der Waals surface area contributed by atoms with E-state index in [1.165, 1.54) is 44.5 Å². The van der Waals surface area contributed by atoms with Crippen LogP contribution in [0.15, 0.2) is 60.9 Å². The van der Waals surface area contributed by atoms with Crippen molar-refractivity contribution in [1.82, 2.24) is 14.5 Å². The molecule has 4 heteroatoms. The Labute approximate surface area is 169 Å². The van der Waals surface area contributed by atoms with E-state index in [2.05, 4.69) is 83.5 Å². The van der Waals surface area contributed by atoms with Gasteiger partial charge in [0.1, 0.15) is 11.5 Å². The summed E-state index contributed by atoms with van der Waals surface area (Å²) in [7, 11) is 2.08. The average Bonchev–Trinajstić information content (AvgIpc) is 3.27.